The maximum absolute atomic E-state index is 12.8. The molecular formula is C11H13BrF3N. The molecule has 0 aromatic heterocycles. The zero-order chi connectivity index (χ0) is 12.3. The largest absolute Gasteiger partial charge is 0.416 e. The van der Waals surface area contributed by atoms with Gasteiger partial charge in [-0.2, -0.15) is 13.2 Å². The van der Waals surface area contributed by atoms with Gasteiger partial charge in [0, 0.05) is 10.5 Å². The van der Waals surface area contributed by atoms with Crippen molar-refractivity contribution in [1.29, 1.82) is 0 Å². The van der Waals surface area contributed by atoms with Crippen LogP contribution in [-0.4, -0.2) is 6.54 Å². The highest BCUT2D eigenvalue weighted by atomic mass is 79.9. The van der Waals surface area contributed by atoms with Gasteiger partial charge in [0.25, 0.3) is 0 Å². The lowest BCUT2D eigenvalue weighted by atomic mass is 10.0. The van der Waals surface area contributed by atoms with Gasteiger partial charge in [-0.15, -0.1) is 0 Å². The van der Waals surface area contributed by atoms with Gasteiger partial charge in [-0.05, 0) is 31.2 Å². The van der Waals surface area contributed by atoms with E-state index in [1.807, 2.05) is 6.92 Å². The average molecular weight is 296 g/mol. The van der Waals surface area contributed by atoms with Gasteiger partial charge in [-0.1, -0.05) is 28.9 Å². The standard InChI is InChI=1S/C11H13BrF3N/c1-3-16-7(2)9-5-4-8(12)6-10(9)11(13,14)15/h4-7,16H,3H2,1-2H3. The summed E-state index contributed by atoms with van der Waals surface area (Å²) in [6.07, 6.45) is -4.32. The molecule has 0 fully saturated rings. The maximum atomic E-state index is 12.8. The highest BCUT2D eigenvalue weighted by Gasteiger charge is 2.34. The van der Waals surface area contributed by atoms with Crippen LogP contribution in [0.25, 0.3) is 0 Å². The van der Waals surface area contributed by atoms with Crippen molar-refractivity contribution in [2.45, 2.75) is 26.1 Å². The number of alkyl halides is 3. The van der Waals surface area contributed by atoms with Crippen LogP contribution in [-0.2, 0) is 6.18 Å². The van der Waals surface area contributed by atoms with Crippen molar-refractivity contribution in [3.05, 3.63) is 33.8 Å². The van der Waals surface area contributed by atoms with Crippen LogP contribution in [0.4, 0.5) is 13.2 Å². The Morgan fingerprint density at radius 2 is 2.00 bits per heavy atom. The molecule has 90 valence electrons. The van der Waals surface area contributed by atoms with E-state index in [9.17, 15) is 13.2 Å². The number of rotatable bonds is 3. The molecule has 0 saturated heterocycles. The Labute approximate surface area is 101 Å². The number of benzene rings is 1. The zero-order valence-electron chi connectivity index (χ0n) is 9.03. The van der Waals surface area contributed by atoms with Crippen LogP contribution in [0.1, 0.15) is 31.0 Å². The molecule has 1 aromatic carbocycles. The molecule has 1 rings (SSSR count). The van der Waals surface area contributed by atoms with Gasteiger partial charge in [0.2, 0.25) is 0 Å². The normalized spacial score (nSPS) is 13.9. The molecule has 0 spiro atoms. The summed E-state index contributed by atoms with van der Waals surface area (Å²) in [4.78, 5) is 0. The molecule has 1 atom stereocenters. The van der Waals surface area contributed by atoms with Crippen LogP contribution >= 0.6 is 15.9 Å². The lowest BCUT2D eigenvalue weighted by Gasteiger charge is -2.19. The van der Waals surface area contributed by atoms with E-state index in [0.717, 1.165) is 6.07 Å². The molecule has 5 heteroatoms. The summed E-state index contributed by atoms with van der Waals surface area (Å²) >= 11 is 3.06. The molecule has 1 aromatic rings. The van der Waals surface area contributed by atoms with Crippen molar-refractivity contribution in [3.63, 3.8) is 0 Å². The van der Waals surface area contributed by atoms with Gasteiger partial charge in [-0.25, -0.2) is 0 Å². The van der Waals surface area contributed by atoms with Crippen LogP contribution in [0, 0.1) is 0 Å². The molecule has 0 amide bonds. The summed E-state index contributed by atoms with van der Waals surface area (Å²) in [6.45, 7) is 4.22. The quantitative estimate of drug-likeness (QED) is 0.884. The minimum atomic E-state index is -4.32. The Balaban J connectivity index is 3.18. The lowest BCUT2D eigenvalue weighted by Crippen LogP contribution is -2.21. The molecule has 16 heavy (non-hydrogen) atoms. The topological polar surface area (TPSA) is 12.0 Å². The third kappa shape index (κ3) is 3.22. The Hall–Kier alpha value is -0.550. The van der Waals surface area contributed by atoms with Crippen molar-refractivity contribution in [2.75, 3.05) is 6.54 Å². The zero-order valence-corrected chi connectivity index (χ0v) is 10.6. The summed E-state index contributed by atoms with van der Waals surface area (Å²) < 4.78 is 38.8. The predicted molar refractivity (Wildman–Crippen MR) is 61.2 cm³/mol. The molecule has 0 aliphatic heterocycles. The molecule has 0 radical (unpaired) electrons. The Morgan fingerprint density at radius 1 is 1.38 bits per heavy atom. The summed E-state index contributed by atoms with van der Waals surface area (Å²) in [6, 6.07) is 3.93. The first-order chi connectivity index (χ1) is 7.36. The SMILES string of the molecule is CCNC(C)c1ccc(Br)cc1C(F)(F)F. The van der Waals surface area contributed by atoms with Gasteiger partial charge in [0.15, 0.2) is 0 Å². The lowest BCUT2D eigenvalue weighted by molar-refractivity contribution is -0.138. The Bertz CT molecular complexity index is 363. The molecule has 1 nitrogen and oxygen atoms in total. The molecule has 1 unspecified atom stereocenters. The fourth-order valence-corrected chi connectivity index (χ4v) is 1.93. The molecule has 0 heterocycles. The second-order valence-corrected chi connectivity index (χ2v) is 4.42. The van der Waals surface area contributed by atoms with Crippen LogP contribution in [0.5, 0.6) is 0 Å². The van der Waals surface area contributed by atoms with Gasteiger partial charge < -0.3 is 5.32 Å². The van der Waals surface area contributed by atoms with Crippen molar-refractivity contribution >= 4 is 15.9 Å². The fraction of sp³-hybridized carbons (Fsp3) is 0.455. The van der Waals surface area contributed by atoms with E-state index in [0.29, 0.717) is 11.0 Å². The average Bonchev–Trinajstić information content (AvgIpc) is 2.16. The molecule has 0 bridgehead atoms. The van der Waals surface area contributed by atoms with E-state index in [1.165, 1.54) is 6.07 Å². The second-order valence-electron chi connectivity index (χ2n) is 3.51. The van der Waals surface area contributed by atoms with Crippen LogP contribution in [0.2, 0.25) is 0 Å². The van der Waals surface area contributed by atoms with Gasteiger partial charge in [-0.3, -0.25) is 0 Å². The molecule has 0 aliphatic carbocycles. The second kappa shape index (κ2) is 5.19. The van der Waals surface area contributed by atoms with Gasteiger partial charge in [0.05, 0.1) is 5.56 Å². The number of halogens is 4. The van der Waals surface area contributed by atoms with E-state index in [2.05, 4.69) is 21.2 Å². The smallest absolute Gasteiger partial charge is 0.310 e. The first kappa shape index (κ1) is 13.5. The molecule has 1 N–H and O–H groups in total. The Kier molecular flexibility index (Phi) is 4.38. The highest BCUT2D eigenvalue weighted by molar-refractivity contribution is 9.10. The summed E-state index contributed by atoms with van der Waals surface area (Å²) in [5, 5.41) is 2.98. The third-order valence-corrected chi connectivity index (χ3v) is 2.79. The van der Waals surface area contributed by atoms with E-state index in [4.69, 9.17) is 0 Å². The molecule has 0 aliphatic rings. The Morgan fingerprint density at radius 3 is 2.50 bits per heavy atom. The summed E-state index contributed by atoms with van der Waals surface area (Å²) in [5.74, 6) is 0. The number of nitrogens with one attached hydrogen (secondary N) is 1. The fourth-order valence-electron chi connectivity index (χ4n) is 1.57. The van der Waals surface area contributed by atoms with Gasteiger partial charge in [0.1, 0.15) is 0 Å². The van der Waals surface area contributed by atoms with Gasteiger partial charge >= 0.3 is 6.18 Å². The van der Waals surface area contributed by atoms with Crippen molar-refractivity contribution in [2.24, 2.45) is 0 Å². The first-order valence-corrected chi connectivity index (χ1v) is 5.75. The number of hydrogen-bond donors (Lipinski definition) is 1. The third-order valence-electron chi connectivity index (χ3n) is 2.30. The van der Waals surface area contributed by atoms with E-state index >= 15 is 0 Å². The minimum Gasteiger partial charge on any atom is -0.310 e. The van der Waals surface area contributed by atoms with Crippen LogP contribution in [0.15, 0.2) is 22.7 Å². The van der Waals surface area contributed by atoms with E-state index in [1.54, 1.807) is 13.0 Å². The van der Waals surface area contributed by atoms with Crippen molar-refractivity contribution in [3.8, 4) is 0 Å². The van der Waals surface area contributed by atoms with E-state index in [-0.39, 0.29) is 11.6 Å². The van der Waals surface area contributed by atoms with Crippen LogP contribution in [0.3, 0.4) is 0 Å². The highest BCUT2D eigenvalue weighted by Crippen LogP contribution is 2.36. The monoisotopic (exact) mass is 295 g/mol. The molecular weight excluding hydrogens is 283 g/mol. The van der Waals surface area contributed by atoms with Crippen LogP contribution < -0.4 is 5.32 Å². The molecule has 0 saturated carbocycles. The number of hydrogen-bond acceptors (Lipinski definition) is 1. The summed E-state index contributed by atoms with van der Waals surface area (Å²) in [5.41, 5.74) is -0.312. The summed E-state index contributed by atoms with van der Waals surface area (Å²) in [7, 11) is 0. The predicted octanol–water partition coefficient (Wildman–Crippen LogP) is 4.14. The minimum absolute atomic E-state index is 0.276. The maximum Gasteiger partial charge on any atom is 0.416 e. The van der Waals surface area contributed by atoms with E-state index < -0.39 is 11.7 Å². The first-order valence-electron chi connectivity index (χ1n) is 4.96. The van der Waals surface area contributed by atoms with Crippen molar-refractivity contribution in [1.82, 2.24) is 5.32 Å². The van der Waals surface area contributed by atoms with Crippen molar-refractivity contribution < 1.29 is 13.2 Å².